The molecule has 7 heteroatoms. The molecule has 0 aromatic heterocycles. The molecule has 1 unspecified atom stereocenters. The number of ether oxygens (including phenoxy) is 2. The molecule has 1 saturated heterocycles. The molecular formula is C21H28N2O5. The zero-order valence-electron chi connectivity index (χ0n) is 16.7. The van der Waals surface area contributed by atoms with Crippen molar-refractivity contribution in [1.82, 2.24) is 10.2 Å². The van der Waals surface area contributed by atoms with Crippen molar-refractivity contribution in [1.29, 1.82) is 0 Å². The van der Waals surface area contributed by atoms with Crippen LogP contribution in [-0.2, 0) is 14.3 Å². The summed E-state index contributed by atoms with van der Waals surface area (Å²) < 4.78 is 10.9. The molecule has 7 nitrogen and oxygen atoms in total. The summed E-state index contributed by atoms with van der Waals surface area (Å²) in [6.45, 7) is 10.7. The lowest BCUT2D eigenvalue weighted by Gasteiger charge is -2.35. The SMILES string of the molecule is C=C(C)COc1ccccc1C(=O)N1CCNC(=O)C1CC(=O)OCC(C)C. The number of esters is 1. The highest BCUT2D eigenvalue weighted by molar-refractivity contribution is 6.01. The zero-order valence-corrected chi connectivity index (χ0v) is 16.7. The lowest BCUT2D eigenvalue weighted by atomic mass is 10.1. The molecule has 1 aromatic rings. The fourth-order valence-corrected chi connectivity index (χ4v) is 2.76. The van der Waals surface area contributed by atoms with Gasteiger partial charge in [0, 0.05) is 13.1 Å². The molecule has 1 atom stereocenters. The minimum Gasteiger partial charge on any atom is -0.488 e. The second-order valence-electron chi connectivity index (χ2n) is 7.33. The first-order chi connectivity index (χ1) is 13.3. The molecule has 28 heavy (non-hydrogen) atoms. The summed E-state index contributed by atoms with van der Waals surface area (Å²) in [6, 6.07) is 5.95. The van der Waals surface area contributed by atoms with E-state index in [0.717, 1.165) is 5.57 Å². The van der Waals surface area contributed by atoms with Gasteiger partial charge >= 0.3 is 5.97 Å². The molecule has 2 rings (SSSR count). The molecule has 0 bridgehead atoms. The third-order valence-electron chi connectivity index (χ3n) is 4.12. The first kappa shape index (κ1) is 21.5. The molecule has 1 aliphatic heterocycles. The van der Waals surface area contributed by atoms with Crippen LogP contribution in [0.1, 0.15) is 37.6 Å². The molecule has 2 amide bonds. The minimum absolute atomic E-state index is 0.181. The Morgan fingerprint density at radius 3 is 2.71 bits per heavy atom. The van der Waals surface area contributed by atoms with E-state index in [1.165, 1.54) is 4.90 Å². The van der Waals surface area contributed by atoms with E-state index >= 15 is 0 Å². The van der Waals surface area contributed by atoms with Gasteiger partial charge in [-0.25, -0.2) is 0 Å². The number of hydrogen-bond acceptors (Lipinski definition) is 5. The number of carbonyl (C=O) groups excluding carboxylic acids is 3. The Balaban J connectivity index is 2.18. The molecule has 0 saturated carbocycles. The van der Waals surface area contributed by atoms with Crippen LogP contribution in [0.25, 0.3) is 0 Å². The summed E-state index contributed by atoms with van der Waals surface area (Å²) in [7, 11) is 0. The minimum atomic E-state index is -0.907. The second-order valence-corrected chi connectivity index (χ2v) is 7.33. The zero-order chi connectivity index (χ0) is 20.7. The van der Waals surface area contributed by atoms with Gasteiger partial charge in [-0.3, -0.25) is 14.4 Å². The highest BCUT2D eigenvalue weighted by Crippen LogP contribution is 2.23. The molecule has 0 aliphatic carbocycles. The molecule has 152 valence electrons. The van der Waals surface area contributed by atoms with Crippen molar-refractivity contribution >= 4 is 17.8 Å². The maximum absolute atomic E-state index is 13.2. The molecule has 1 aromatic carbocycles. The van der Waals surface area contributed by atoms with Crippen LogP contribution in [0.5, 0.6) is 5.75 Å². The summed E-state index contributed by atoms with van der Waals surface area (Å²) in [5, 5.41) is 2.71. The molecule has 1 N–H and O–H groups in total. The van der Waals surface area contributed by atoms with Gasteiger partial charge in [0.1, 0.15) is 18.4 Å². The van der Waals surface area contributed by atoms with E-state index in [1.807, 2.05) is 20.8 Å². The van der Waals surface area contributed by atoms with Gasteiger partial charge in [0.25, 0.3) is 5.91 Å². The first-order valence-corrected chi connectivity index (χ1v) is 9.40. The summed E-state index contributed by atoms with van der Waals surface area (Å²) in [4.78, 5) is 39.1. The van der Waals surface area contributed by atoms with Gasteiger partial charge in [0.2, 0.25) is 5.91 Å². The Morgan fingerprint density at radius 1 is 1.32 bits per heavy atom. The van der Waals surface area contributed by atoms with Gasteiger partial charge in [-0.15, -0.1) is 0 Å². The topological polar surface area (TPSA) is 84.9 Å². The van der Waals surface area contributed by atoms with Crippen LogP contribution in [0.4, 0.5) is 0 Å². The van der Waals surface area contributed by atoms with Crippen LogP contribution in [0.2, 0.25) is 0 Å². The third-order valence-corrected chi connectivity index (χ3v) is 4.12. The summed E-state index contributed by atoms with van der Waals surface area (Å²) in [6.07, 6.45) is -0.181. The van der Waals surface area contributed by atoms with Crippen LogP contribution in [0.15, 0.2) is 36.4 Å². The van der Waals surface area contributed by atoms with Crippen LogP contribution < -0.4 is 10.1 Å². The van der Waals surface area contributed by atoms with Crippen molar-refractivity contribution < 1.29 is 23.9 Å². The highest BCUT2D eigenvalue weighted by atomic mass is 16.5. The number of carbonyl (C=O) groups is 3. The summed E-state index contributed by atoms with van der Waals surface area (Å²) in [5.41, 5.74) is 1.17. The number of rotatable bonds is 8. The number of piperazine rings is 1. The van der Waals surface area contributed by atoms with Crippen molar-refractivity contribution in [2.24, 2.45) is 5.92 Å². The van der Waals surface area contributed by atoms with Gasteiger partial charge in [0.05, 0.1) is 18.6 Å². The lowest BCUT2D eigenvalue weighted by Crippen LogP contribution is -2.57. The van der Waals surface area contributed by atoms with Crippen LogP contribution >= 0.6 is 0 Å². The number of nitrogens with zero attached hydrogens (tertiary/aromatic N) is 1. The molecule has 1 fully saturated rings. The van der Waals surface area contributed by atoms with E-state index < -0.39 is 12.0 Å². The van der Waals surface area contributed by atoms with Gasteiger partial charge in [-0.1, -0.05) is 32.6 Å². The van der Waals surface area contributed by atoms with Crippen LogP contribution in [-0.4, -0.2) is 55.0 Å². The third kappa shape index (κ3) is 5.84. The van der Waals surface area contributed by atoms with E-state index in [9.17, 15) is 14.4 Å². The van der Waals surface area contributed by atoms with Gasteiger partial charge in [-0.05, 0) is 30.5 Å². The van der Waals surface area contributed by atoms with Crippen LogP contribution in [0, 0.1) is 5.92 Å². The van der Waals surface area contributed by atoms with Crippen molar-refractivity contribution in [3.05, 3.63) is 42.0 Å². The normalized spacial score (nSPS) is 16.5. The van der Waals surface area contributed by atoms with Gasteiger partial charge in [0.15, 0.2) is 0 Å². The number of hydrogen-bond donors (Lipinski definition) is 1. The van der Waals surface area contributed by atoms with Crippen molar-refractivity contribution in [2.45, 2.75) is 33.2 Å². The van der Waals surface area contributed by atoms with Gasteiger partial charge < -0.3 is 19.7 Å². The number of amides is 2. The molecule has 0 spiro atoms. The average Bonchev–Trinajstić information content (AvgIpc) is 2.66. The Hall–Kier alpha value is -2.83. The Bertz CT molecular complexity index is 744. The molecule has 0 radical (unpaired) electrons. The maximum atomic E-state index is 13.2. The van der Waals surface area contributed by atoms with E-state index in [2.05, 4.69) is 11.9 Å². The van der Waals surface area contributed by atoms with Gasteiger partial charge in [-0.2, -0.15) is 0 Å². The largest absolute Gasteiger partial charge is 0.488 e. The Morgan fingerprint density at radius 2 is 2.04 bits per heavy atom. The highest BCUT2D eigenvalue weighted by Gasteiger charge is 2.36. The van der Waals surface area contributed by atoms with E-state index in [-0.39, 0.29) is 37.4 Å². The van der Waals surface area contributed by atoms with E-state index in [0.29, 0.717) is 24.4 Å². The molecular weight excluding hydrogens is 360 g/mol. The molecule has 1 heterocycles. The Kier molecular flexibility index (Phi) is 7.61. The average molecular weight is 388 g/mol. The number of benzene rings is 1. The summed E-state index contributed by atoms with van der Waals surface area (Å²) in [5.74, 6) is -0.600. The second kappa shape index (κ2) is 9.92. The fourth-order valence-electron chi connectivity index (χ4n) is 2.76. The van der Waals surface area contributed by atoms with Crippen molar-refractivity contribution in [3.8, 4) is 5.75 Å². The quantitative estimate of drug-likeness (QED) is 0.545. The Labute approximate surface area is 165 Å². The first-order valence-electron chi connectivity index (χ1n) is 9.40. The monoisotopic (exact) mass is 388 g/mol. The van der Waals surface area contributed by atoms with Crippen LogP contribution in [0.3, 0.4) is 0 Å². The number of para-hydroxylation sites is 1. The smallest absolute Gasteiger partial charge is 0.308 e. The maximum Gasteiger partial charge on any atom is 0.308 e. The standard InChI is InChI=1S/C21H28N2O5/c1-14(2)12-27-18-8-6-5-7-16(18)21(26)23-10-9-22-20(25)17(23)11-19(24)28-13-15(3)4/h5-8,15,17H,1,9-13H2,2-4H3,(H,22,25). The van der Waals surface area contributed by atoms with E-state index in [1.54, 1.807) is 24.3 Å². The lowest BCUT2D eigenvalue weighted by molar-refractivity contribution is -0.148. The van der Waals surface area contributed by atoms with E-state index in [4.69, 9.17) is 9.47 Å². The predicted molar refractivity (Wildman–Crippen MR) is 105 cm³/mol. The summed E-state index contributed by atoms with van der Waals surface area (Å²) >= 11 is 0. The number of nitrogens with one attached hydrogen (secondary N) is 1. The molecule has 1 aliphatic rings. The van der Waals surface area contributed by atoms with Crippen molar-refractivity contribution in [3.63, 3.8) is 0 Å². The predicted octanol–water partition coefficient (Wildman–Crippen LogP) is 2.17. The van der Waals surface area contributed by atoms with Crippen molar-refractivity contribution in [2.75, 3.05) is 26.3 Å². The fraction of sp³-hybridized carbons (Fsp3) is 0.476.